The number of aryl methyl sites for hydroxylation is 1. The van der Waals surface area contributed by atoms with Crippen LogP contribution in [0.2, 0.25) is 0 Å². The number of carbonyl (C=O) groups excluding carboxylic acids is 1. The van der Waals surface area contributed by atoms with Gasteiger partial charge in [0, 0.05) is 11.3 Å². The Morgan fingerprint density at radius 2 is 2.38 bits per heavy atom. The van der Waals surface area contributed by atoms with Gasteiger partial charge in [0.15, 0.2) is 0 Å². The molecule has 88 valence electrons. The van der Waals surface area contributed by atoms with Gasteiger partial charge < -0.3 is 10.0 Å². The normalized spacial score (nSPS) is 18.2. The summed E-state index contributed by atoms with van der Waals surface area (Å²) in [4.78, 5) is 14.7. The van der Waals surface area contributed by atoms with Crippen molar-refractivity contribution < 1.29 is 9.90 Å². The Bertz CT molecular complexity index is 355. The monoisotopic (exact) mass is 239 g/mol. The molecule has 3 nitrogen and oxygen atoms in total. The van der Waals surface area contributed by atoms with Crippen LogP contribution in [0.15, 0.2) is 17.5 Å². The molecule has 0 radical (unpaired) electrons. The van der Waals surface area contributed by atoms with Crippen molar-refractivity contribution in [3.8, 4) is 0 Å². The van der Waals surface area contributed by atoms with Crippen LogP contribution < -0.4 is 0 Å². The number of likely N-dealkylation sites (tertiary alicyclic amines) is 1. The summed E-state index contributed by atoms with van der Waals surface area (Å²) in [5.41, 5.74) is -0.613. The van der Waals surface area contributed by atoms with Crippen molar-refractivity contribution in [2.75, 3.05) is 13.1 Å². The molecule has 0 atom stereocenters. The zero-order valence-electron chi connectivity index (χ0n) is 9.48. The van der Waals surface area contributed by atoms with E-state index in [2.05, 4.69) is 6.07 Å². The lowest BCUT2D eigenvalue weighted by atomic mass is 9.91. The first-order chi connectivity index (χ1) is 7.63. The third kappa shape index (κ3) is 2.44. The molecule has 0 bridgehead atoms. The maximum absolute atomic E-state index is 11.7. The lowest BCUT2D eigenvalue weighted by Crippen LogP contribution is -2.63. The third-order valence-corrected chi connectivity index (χ3v) is 4.08. The van der Waals surface area contributed by atoms with E-state index >= 15 is 0 Å². The van der Waals surface area contributed by atoms with Crippen LogP contribution in [0.25, 0.3) is 0 Å². The average Bonchev–Trinajstić information content (AvgIpc) is 2.74. The summed E-state index contributed by atoms with van der Waals surface area (Å²) in [6, 6.07) is 4.06. The second kappa shape index (κ2) is 4.55. The molecule has 1 N–H and O–H groups in total. The molecular formula is C12H17NO2S. The van der Waals surface area contributed by atoms with Crippen molar-refractivity contribution in [2.45, 2.75) is 31.8 Å². The molecule has 2 rings (SSSR count). The van der Waals surface area contributed by atoms with Crippen LogP contribution in [0.3, 0.4) is 0 Å². The SMILES string of the molecule is CCC1(O)CN(C(=O)CCc2cccs2)C1. The van der Waals surface area contributed by atoms with Crippen molar-refractivity contribution in [1.29, 1.82) is 0 Å². The molecule has 0 saturated carbocycles. The molecule has 1 aliphatic rings. The molecule has 1 aromatic rings. The molecule has 2 heterocycles. The molecule has 4 heteroatoms. The van der Waals surface area contributed by atoms with Gasteiger partial charge in [-0.2, -0.15) is 0 Å². The Morgan fingerprint density at radius 3 is 2.94 bits per heavy atom. The van der Waals surface area contributed by atoms with Crippen molar-refractivity contribution in [3.05, 3.63) is 22.4 Å². The summed E-state index contributed by atoms with van der Waals surface area (Å²) in [7, 11) is 0. The second-order valence-corrected chi connectivity index (χ2v) is 5.44. The Kier molecular flexibility index (Phi) is 3.30. The van der Waals surface area contributed by atoms with Crippen molar-refractivity contribution in [1.82, 2.24) is 4.90 Å². The minimum atomic E-state index is -0.613. The maximum Gasteiger partial charge on any atom is 0.223 e. The summed E-state index contributed by atoms with van der Waals surface area (Å²) < 4.78 is 0. The zero-order chi connectivity index (χ0) is 11.6. The predicted molar refractivity (Wildman–Crippen MR) is 64.5 cm³/mol. The van der Waals surface area contributed by atoms with Gasteiger partial charge in [-0.1, -0.05) is 13.0 Å². The Balaban J connectivity index is 1.74. The summed E-state index contributed by atoms with van der Waals surface area (Å²) in [5, 5.41) is 11.8. The molecule has 1 aromatic heterocycles. The highest BCUT2D eigenvalue weighted by Gasteiger charge is 2.41. The van der Waals surface area contributed by atoms with Crippen LogP contribution >= 0.6 is 11.3 Å². The van der Waals surface area contributed by atoms with Gasteiger partial charge in [0.25, 0.3) is 0 Å². The van der Waals surface area contributed by atoms with Crippen LogP contribution in [0.1, 0.15) is 24.6 Å². The minimum absolute atomic E-state index is 0.159. The van der Waals surface area contributed by atoms with Gasteiger partial charge in [-0.3, -0.25) is 4.79 Å². The molecule has 1 aliphatic heterocycles. The standard InChI is InChI=1S/C12H17NO2S/c1-2-12(15)8-13(9-12)11(14)6-5-10-4-3-7-16-10/h3-4,7,15H,2,5-6,8-9H2,1H3. The third-order valence-electron chi connectivity index (χ3n) is 3.15. The summed E-state index contributed by atoms with van der Waals surface area (Å²) in [6.45, 7) is 2.97. The smallest absolute Gasteiger partial charge is 0.223 e. The number of thiophene rings is 1. The van der Waals surface area contributed by atoms with Crippen molar-refractivity contribution in [2.24, 2.45) is 0 Å². The minimum Gasteiger partial charge on any atom is -0.386 e. The number of carbonyl (C=O) groups is 1. The molecule has 1 saturated heterocycles. The first-order valence-electron chi connectivity index (χ1n) is 5.65. The lowest BCUT2D eigenvalue weighted by molar-refractivity contribution is -0.155. The Labute approximate surface area is 99.7 Å². The van der Waals surface area contributed by atoms with E-state index in [1.54, 1.807) is 16.2 Å². The summed E-state index contributed by atoms with van der Waals surface area (Å²) in [6.07, 6.45) is 2.10. The van der Waals surface area contributed by atoms with Crippen LogP contribution in [-0.2, 0) is 11.2 Å². The van der Waals surface area contributed by atoms with E-state index in [0.717, 1.165) is 12.8 Å². The highest BCUT2D eigenvalue weighted by Crippen LogP contribution is 2.25. The highest BCUT2D eigenvalue weighted by molar-refractivity contribution is 7.09. The average molecular weight is 239 g/mol. The molecule has 1 fully saturated rings. The van der Waals surface area contributed by atoms with Gasteiger partial charge in [-0.25, -0.2) is 0 Å². The molecule has 0 unspecified atom stereocenters. The van der Waals surface area contributed by atoms with Crippen LogP contribution in [-0.4, -0.2) is 34.6 Å². The second-order valence-electron chi connectivity index (χ2n) is 4.41. The molecule has 0 spiro atoms. The largest absolute Gasteiger partial charge is 0.386 e. The van der Waals surface area contributed by atoms with E-state index in [-0.39, 0.29) is 5.91 Å². The van der Waals surface area contributed by atoms with E-state index in [0.29, 0.717) is 19.5 Å². The fraction of sp³-hybridized carbons (Fsp3) is 0.583. The topological polar surface area (TPSA) is 40.5 Å². The van der Waals surface area contributed by atoms with E-state index in [1.165, 1.54) is 4.88 Å². The van der Waals surface area contributed by atoms with Crippen molar-refractivity contribution >= 4 is 17.2 Å². The van der Waals surface area contributed by atoms with E-state index in [1.807, 2.05) is 18.4 Å². The summed E-state index contributed by atoms with van der Waals surface area (Å²) >= 11 is 1.69. The maximum atomic E-state index is 11.7. The van der Waals surface area contributed by atoms with Gasteiger partial charge >= 0.3 is 0 Å². The van der Waals surface area contributed by atoms with E-state index < -0.39 is 5.60 Å². The molecule has 1 amide bonds. The van der Waals surface area contributed by atoms with Gasteiger partial charge in [0.1, 0.15) is 0 Å². The number of hydrogen-bond donors (Lipinski definition) is 1. The van der Waals surface area contributed by atoms with Crippen LogP contribution in [0, 0.1) is 0 Å². The van der Waals surface area contributed by atoms with Gasteiger partial charge in [-0.05, 0) is 24.3 Å². The molecule has 0 aromatic carbocycles. The van der Waals surface area contributed by atoms with Gasteiger partial charge in [-0.15, -0.1) is 11.3 Å². The number of rotatable bonds is 4. The quantitative estimate of drug-likeness (QED) is 0.868. The van der Waals surface area contributed by atoms with Gasteiger partial charge in [0.05, 0.1) is 18.7 Å². The molecule has 16 heavy (non-hydrogen) atoms. The fourth-order valence-electron chi connectivity index (χ4n) is 1.91. The Hall–Kier alpha value is -0.870. The van der Waals surface area contributed by atoms with Gasteiger partial charge in [0.2, 0.25) is 5.91 Å². The fourth-order valence-corrected chi connectivity index (χ4v) is 2.62. The molecule has 0 aliphatic carbocycles. The zero-order valence-corrected chi connectivity index (χ0v) is 10.3. The highest BCUT2D eigenvalue weighted by atomic mass is 32.1. The number of amides is 1. The predicted octanol–water partition coefficient (Wildman–Crippen LogP) is 1.66. The number of aliphatic hydroxyl groups is 1. The summed E-state index contributed by atoms with van der Waals surface area (Å²) in [5.74, 6) is 0.159. The van der Waals surface area contributed by atoms with Crippen molar-refractivity contribution in [3.63, 3.8) is 0 Å². The number of β-amino-alcohol motifs (C(OH)–C–C–N with tert-alkyl or cyclic N) is 1. The Morgan fingerprint density at radius 1 is 1.62 bits per heavy atom. The van der Waals surface area contributed by atoms with Crippen LogP contribution in [0.4, 0.5) is 0 Å². The van der Waals surface area contributed by atoms with E-state index in [4.69, 9.17) is 0 Å². The lowest BCUT2D eigenvalue weighted by Gasteiger charge is -2.46. The van der Waals surface area contributed by atoms with E-state index in [9.17, 15) is 9.90 Å². The first kappa shape index (κ1) is 11.6. The number of hydrogen-bond acceptors (Lipinski definition) is 3. The number of nitrogens with zero attached hydrogens (tertiary/aromatic N) is 1. The molecular weight excluding hydrogens is 222 g/mol. The van der Waals surface area contributed by atoms with Crippen LogP contribution in [0.5, 0.6) is 0 Å². The first-order valence-corrected chi connectivity index (χ1v) is 6.53.